The predicted octanol–water partition coefficient (Wildman–Crippen LogP) is 17.6. The first kappa shape index (κ1) is 65.2. The van der Waals surface area contributed by atoms with Gasteiger partial charge in [0, 0.05) is 13.0 Å². The second kappa shape index (κ2) is 50.6. The summed E-state index contributed by atoms with van der Waals surface area (Å²) >= 11 is 0. The first-order chi connectivity index (χ1) is 32.6. The summed E-state index contributed by atoms with van der Waals surface area (Å²) in [5.74, 6) is -0.318. The second-order valence-electron chi connectivity index (χ2n) is 20.0. The zero-order valence-electron chi connectivity index (χ0n) is 44.6. The van der Waals surface area contributed by atoms with Gasteiger partial charge < -0.3 is 18.9 Å². The fraction of sp³-hybridized carbons (Fsp3) is 0.810. The van der Waals surface area contributed by atoms with Crippen LogP contribution in [0.25, 0.3) is 0 Å². The maximum Gasteiger partial charge on any atom is 0.472 e. The molecule has 0 rings (SSSR count). The molecule has 0 amide bonds. The topological polar surface area (TPSA) is 91.3 Å². The summed E-state index contributed by atoms with van der Waals surface area (Å²) < 4.78 is 35.2. The van der Waals surface area contributed by atoms with Crippen LogP contribution < -0.4 is 0 Å². The van der Waals surface area contributed by atoms with Crippen LogP contribution in [0.15, 0.2) is 60.8 Å². The SMILES string of the molecule is CCCCC/C=C\C/C=C\CCCCCCCCCCCC(=O)OC(COCCCCCCCCCCCCC/C=C\C/C=C\C/C=C\CCCCCCC)COP(=O)(O)OCC[N+](C)(C)C. The lowest BCUT2D eigenvalue weighted by atomic mass is 10.1. The number of hydrogen-bond donors (Lipinski definition) is 1. The maximum absolute atomic E-state index is 12.8. The molecule has 2 unspecified atom stereocenters. The average molecular weight is 963 g/mol. The molecule has 0 aromatic rings. The fourth-order valence-corrected chi connectivity index (χ4v) is 8.45. The molecule has 0 fully saturated rings. The van der Waals surface area contributed by atoms with Gasteiger partial charge in [0.2, 0.25) is 0 Å². The van der Waals surface area contributed by atoms with Crippen molar-refractivity contribution in [3.8, 4) is 0 Å². The van der Waals surface area contributed by atoms with Gasteiger partial charge in [0.1, 0.15) is 19.3 Å². The third-order valence-electron chi connectivity index (χ3n) is 12.1. The molecule has 0 spiro atoms. The number of allylic oxidation sites excluding steroid dienone is 10. The second-order valence-corrected chi connectivity index (χ2v) is 21.4. The van der Waals surface area contributed by atoms with E-state index in [0.717, 1.165) is 51.4 Å². The van der Waals surface area contributed by atoms with E-state index in [0.29, 0.717) is 24.1 Å². The molecule has 1 N–H and O–H groups in total. The molecule has 2 atom stereocenters. The molecule has 67 heavy (non-hydrogen) atoms. The largest absolute Gasteiger partial charge is 0.472 e. The first-order valence-corrected chi connectivity index (χ1v) is 29.5. The number of likely N-dealkylation sites (N-methyl/N-ethyl adjacent to an activating group) is 1. The summed E-state index contributed by atoms with van der Waals surface area (Å²) in [6.45, 7) is 5.60. The van der Waals surface area contributed by atoms with Crippen molar-refractivity contribution in [3.63, 3.8) is 0 Å². The Morgan fingerprint density at radius 1 is 0.463 bits per heavy atom. The number of phosphoric ester groups is 1. The molecule has 8 nitrogen and oxygen atoms in total. The van der Waals surface area contributed by atoms with E-state index in [4.69, 9.17) is 18.5 Å². The van der Waals surface area contributed by atoms with E-state index in [-0.39, 0.29) is 25.8 Å². The molecule has 0 aromatic carbocycles. The quantitative estimate of drug-likeness (QED) is 0.0213. The lowest BCUT2D eigenvalue weighted by Gasteiger charge is -2.24. The Hall–Kier alpha value is -1.80. The van der Waals surface area contributed by atoms with Crippen molar-refractivity contribution in [1.82, 2.24) is 0 Å². The van der Waals surface area contributed by atoms with Crippen molar-refractivity contribution >= 4 is 13.8 Å². The number of carbonyl (C=O) groups excluding carboxylic acids is 1. The first-order valence-electron chi connectivity index (χ1n) is 28.0. The van der Waals surface area contributed by atoms with E-state index < -0.39 is 13.9 Å². The minimum Gasteiger partial charge on any atom is -0.457 e. The van der Waals surface area contributed by atoms with E-state index in [9.17, 15) is 14.3 Å². The molecule has 0 heterocycles. The van der Waals surface area contributed by atoms with Gasteiger partial charge in [-0.25, -0.2) is 4.57 Å². The van der Waals surface area contributed by atoms with E-state index >= 15 is 0 Å². The molecule has 0 aliphatic heterocycles. The smallest absolute Gasteiger partial charge is 0.457 e. The molecular weight excluding hydrogens is 854 g/mol. The van der Waals surface area contributed by atoms with E-state index in [1.807, 2.05) is 21.1 Å². The Morgan fingerprint density at radius 3 is 1.25 bits per heavy atom. The van der Waals surface area contributed by atoms with Crippen molar-refractivity contribution in [2.24, 2.45) is 0 Å². The molecule has 9 heteroatoms. The highest BCUT2D eigenvalue weighted by Crippen LogP contribution is 2.43. The number of quaternary nitrogens is 1. The molecular formula is C58H109NO7P+. The normalized spacial score (nSPS) is 13.9. The highest BCUT2D eigenvalue weighted by atomic mass is 31.2. The number of nitrogens with zero attached hydrogens (tertiary/aromatic N) is 1. The lowest BCUT2D eigenvalue weighted by molar-refractivity contribution is -0.870. The molecule has 0 aliphatic rings. The number of rotatable bonds is 52. The summed E-state index contributed by atoms with van der Waals surface area (Å²) in [7, 11) is 1.66. The number of esters is 1. The number of ether oxygens (including phenoxy) is 2. The van der Waals surface area contributed by atoms with Crippen LogP contribution >= 0.6 is 7.82 Å². The van der Waals surface area contributed by atoms with Gasteiger partial charge in [-0.05, 0) is 83.5 Å². The molecule has 0 aliphatic carbocycles. The summed E-state index contributed by atoms with van der Waals surface area (Å²) in [5, 5.41) is 0. The maximum atomic E-state index is 12.8. The van der Waals surface area contributed by atoms with Crippen LogP contribution in [0, 0.1) is 0 Å². The van der Waals surface area contributed by atoms with Gasteiger partial charge in [-0.1, -0.05) is 216 Å². The fourth-order valence-electron chi connectivity index (χ4n) is 7.71. The van der Waals surface area contributed by atoms with Gasteiger partial charge in [-0.15, -0.1) is 0 Å². The van der Waals surface area contributed by atoms with Crippen LogP contribution in [0.1, 0.15) is 245 Å². The zero-order chi connectivity index (χ0) is 49.0. The van der Waals surface area contributed by atoms with Crippen molar-refractivity contribution in [2.45, 2.75) is 251 Å². The van der Waals surface area contributed by atoms with Gasteiger partial charge in [-0.3, -0.25) is 13.8 Å². The van der Waals surface area contributed by atoms with Crippen LogP contribution in [0.2, 0.25) is 0 Å². The highest BCUT2D eigenvalue weighted by molar-refractivity contribution is 7.47. The van der Waals surface area contributed by atoms with Gasteiger partial charge in [0.25, 0.3) is 0 Å². The predicted molar refractivity (Wildman–Crippen MR) is 289 cm³/mol. The Bertz CT molecular complexity index is 1260. The van der Waals surface area contributed by atoms with Crippen LogP contribution in [0.4, 0.5) is 0 Å². The number of unbranched alkanes of at least 4 members (excludes halogenated alkanes) is 28. The standard InChI is InChI=1S/C58H108NO7P/c1-6-8-10-12-14-16-18-20-22-24-26-27-28-29-30-31-32-34-36-38-40-42-44-46-48-50-53-63-55-57(56-65-67(61,62)64-54-52-59(3,4)5)66-58(60)51-49-47-45-43-41-39-37-35-33-25-23-21-19-17-15-13-11-9-7-2/h15,17-18,20-21,23-24,26,28-29,57H,6-14,16,19,22,25,27,30-56H2,1-5H3/p+1/b17-15-,20-18-,23-21-,26-24-,29-28-. The van der Waals surface area contributed by atoms with E-state index in [1.165, 1.54) is 173 Å². The monoisotopic (exact) mass is 963 g/mol. The third kappa shape index (κ3) is 55.0. The Labute approximate surface area is 415 Å². The van der Waals surface area contributed by atoms with Crippen molar-refractivity contribution in [1.29, 1.82) is 0 Å². The number of carbonyl (C=O) groups is 1. The van der Waals surface area contributed by atoms with Gasteiger partial charge in [-0.2, -0.15) is 0 Å². The third-order valence-corrected chi connectivity index (χ3v) is 13.0. The number of phosphoric acid groups is 1. The molecule has 0 saturated carbocycles. The van der Waals surface area contributed by atoms with Crippen molar-refractivity contribution < 1.29 is 37.3 Å². The zero-order valence-corrected chi connectivity index (χ0v) is 45.5. The van der Waals surface area contributed by atoms with Gasteiger partial charge in [0.05, 0.1) is 34.4 Å². The van der Waals surface area contributed by atoms with E-state index in [2.05, 4.69) is 74.6 Å². The lowest BCUT2D eigenvalue weighted by Crippen LogP contribution is -2.37. The van der Waals surface area contributed by atoms with Crippen LogP contribution in [-0.4, -0.2) is 75.6 Å². The summed E-state index contributed by atoms with van der Waals surface area (Å²) in [6.07, 6.45) is 65.6. The number of hydrogen-bond acceptors (Lipinski definition) is 6. The van der Waals surface area contributed by atoms with Crippen molar-refractivity contribution in [2.75, 3.05) is 54.1 Å². The molecule has 0 radical (unpaired) electrons. The highest BCUT2D eigenvalue weighted by Gasteiger charge is 2.26. The van der Waals surface area contributed by atoms with E-state index in [1.54, 1.807) is 0 Å². The molecule has 392 valence electrons. The summed E-state index contributed by atoms with van der Waals surface area (Å²) in [6, 6.07) is 0. The van der Waals surface area contributed by atoms with Crippen LogP contribution in [-0.2, 0) is 27.9 Å². The van der Waals surface area contributed by atoms with Gasteiger partial charge >= 0.3 is 13.8 Å². The minimum atomic E-state index is -4.29. The Morgan fingerprint density at radius 2 is 0.821 bits per heavy atom. The molecule has 0 saturated heterocycles. The van der Waals surface area contributed by atoms with Crippen LogP contribution in [0.3, 0.4) is 0 Å². The molecule has 0 aromatic heterocycles. The minimum absolute atomic E-state index is 0.0855. The van der Waals surface area contributed by atoms with Crippen molar-refractivity contribution in [3.05, 3.63) is 60.8 Å². The Balaban J connectivity index is 4.09. The summed E-state index contributed by atoms with van der Waals surface area (Å²) in [4.78, 5) is 23.1. The molecule has 0 bridgehead atoms. The average Bonchev–Trinajstić information content (AvgIpc) is 3.29. The van der Waals surface area contributed by atoms with Crippen LogP contribution in [0.5, 0.6) is 0 Å². The van der Waals surface area contributed by atoms with Gasteiger partial charge in [0.15, 0.2) is 0 Å². The Kier molecular flexibility index (Phi) is 49.2. The summed E-state index contributed by atoms with van der Waals surface area (Å²) in [5.41, 5.74) is 0.